The Labute approximate surface area is 57.6 Å². The number of rotatable bonds is 1. The molecule has 0 bridgehead atoms. The Balaban J connectivity index is 3.30. The fourth-order valence-electron chi connectivity index (χ4n) is 0.315. The molecule has 10 heavy (non-hydrogen) atoms. The fourth-order valence-corrected chi connectivity index (χ4v) is 0.315. The van der Waals surface area contributed by atoms with Crippen LogP contribution < -0.4 is 16.2 Å². The van der Waals surface area contributed by atoms with Crippen molar-refractivity contribution in [3.63, 3.8) is 0 Å². The number of urea groups is 1. The third kappa shape index (κ3) is 4.69. The van der Waals surface area contributed by atoms with Crippen molar-refractivity contribution in [2.45, 2.75) is 6.92 Å². The SMILES string of the molecule is CCNC(=O)NNC(=O)O. The molecule has 0 radical (unpaired) electrons. The van der Waals surface area contributed by atoms with Gasteiger partial charge in [0.1, 0.15) is 0 Å². The smallest absolute Gasteiger partial charge is 0.423 e. The molecule has 0 saturated heterocycles. The summed E-state index contributed by atoms with van der Waals surface area (Å²) < 4.78 is 0. The Morgan fingerprint density at radius 2 is 2.00 bits per heavy atom. The first kappa shape index (κ1) is 8.54. The molecule has 0 aliphatic heterocycles. The van der Waals surface area contributed by atoms with Crippen LogP contribution in [0.15, 0.2) is 0 Å². The van der Waals surface area contributed by atoms with Gasteiger partial charge in [-0.1, -0.05) is 0 Å². The lowest BCUT2D eigenvalue weighted by atomic mass is 10.7. The van der Waals surface area contributed by atoms with Gasteiger partial charge in [-0.05, 0) is 6.92 Å². The van der Waals surface area contributed by atoms with Crippen LogP contribution in [0.1, 0.15) is 6.92 Å². The van der Waals surface area contributed by atoms with Crippen LogP contribution in [0.25, 0.3) is 0 Å². The minimum absolute atomic E-state index is 0.452. The van der Waals surface area contributed by atoms with Gasteiger partial charge in [0.25, 0.3) is 0 Å². The molecule has 6 heteroatoms. The van der Waals surface area contributed by atoms with Crippen molar-refractivity contribution in [3.8, 4) is 0 Å². The molecule has 58 valence electrons. The van der Waals surface area contributed by atoms with Crippen LogP contribution in [0.2, 0.25) is 0 Å². The highest BCUT2D eigenvalue weighted by Gasteiger charge is 1.97. The second-order valence-electron chi connectivity index (χ2n) is 1.41. The van der Waals surface area contributed by atoms with E-state index in [0.717, 1.165) is 0 Å². The summed E-state index contributed by atoms with van der Waals surface area (Å²) in [4.78, 5) is 20.2. The standard InChI is InChI=1S/C4H9N3O3/c1-2-5-3(8)6-7-4(9)10/h7H,2H2,1H3,(H,9,10)(H2,5,6,8). The Morgan fingerprint density at radius 3 is 2.40 bits per heavy atom. The first-order chi connectivity index (χ1) is 4.66. The summed E-state index contributed by atoms with van der Waals surface area (Å²) in [5.74, 6) is 0. The normalized spacial score (nSPS) is 8.10. The molecule has 0 atom stereocenters. The second kappa shape index (κ2) is 4.42. The van der Waals surface area contributed by atoms with Crippen molar-refractivity contribution >= 4 is 12.1 Å². The van der Waals surface area contributed by atoms with Gasteiger partial charge in [-0.15, -0.1) is 0 Å². The predicted molar refractivity (Wildman–Crippen MR) is 33.4 cm³/mol. The van der Waals surface area contributed by atoms with Gasteiger partial charge >= 0.3 is 12.1 Å². The molecule has 0 aromatic carbocycles. The molecule has 0 saturated carbocycles. The molecule has 0 rings (SSSR count). The summed E-state index contributed by atoms with van der Waals surface area (Å²) in [7, 11) is 0. The molecule has 0 aliphatic rings. The number of amides is 3. The van der Waals surface area contributed by atoms with E-state index in [1.54, 1.807) is 12.3 Å². The Bertz CT molecular complexity index is 136. The third-order valence-electron chi connectivity index (χ3n) is 0.620. The van der Waals surface area contributed by atoms with E-state index >= 15 is 0 Å². The summed E-state index contributed by atoms with van der Waals surface area (Å²) >= 11 is 0. The van der Waals surface area contributed by atoms with E-state index in [2.05, 4.69) is 5.32 Å². The van der Waals surface area contributed by atoms with Crippen molar-refractivity contribution in [1.82, 2.24) is 16.2 Å². The van der Waals surface area contributed by atoms with Crippen molar-refractivity contribution < 1.29 is 14.7 Å². The molecule has 0 aliphatic carbocycles. The van der Waals surface area contributed by atoms with Crippen LogP contribution in [-0.2, 0) is 0 Å². The van der Waals surface area contributed by atoms with Gasteiger partial charge in [-0.25, -0.2) is 20.4 Å². The first-order valence-corrected chi connectivity index (χ1v) is 2.69. The van der Waals surface area contributed by atoms with E-state index in [4.69, 9.17) is 5.11 Å². The zero-order valence-corrected chi connectivity index (χ0v) is 5.47. The largest absolute Gasteiger partial charge is 0.464 e. The van der Waals surface area contributed by atoms with Gasteiger partial charge in [-0.2, -0.15) is 0 Å². The predicted octanol–water partition coefficient (Wildman–Crippen LogP) is -0.512. The van der Waals surface area contributed by atoms with Gasteiger partial charge in [-0.3, -0.25) is 0 Å². The number of carbonyl (C=O) groups is 2. The maximum atomic E-state index is 10.4. The Hall–Kier alpha value is -1.46. The lowest BCUT2D eigenvalue weighted by Crippen LogP contribution is -2.46. The van der Waals surface area contributed by atoms with Crippen LogP contribution in [0.3, 0.4) is 0 Å². The molecule has 0 aromatic heterocycles. The maximum absolute atomic E-state index is 10.4. The van der Waals surface area contributed by atoms with E-state index < -0.39 is 12.1 Å². The Morgan fingerprint density at radius 1 is 1.40 bits per heavy atom. The molecule has 0 unspecified atom stereocenters. The van der Waals surface area contributed by atoms with Gasteiger partial charge in [0.05, 0.1) is 0 Å². The fraction of sp³-hybridized carbons (Fsp3) is 0.500. The summed E-state index contributed by atoms with van der Waals surface area (Å²) in [5.41, 5.74) is 3.57. The van der Waals surface area contributed by atoms with E-state index in [0.29, 0.717) is 6.54 Å². The molecule has 0 fully saturated rings. The van der Waals surface area contributed by atoms with Gasteiger partial charge in [0.2, 0.25) is 0 Å². The van der Waals surface area contributed by atoms with E-state index in [1.165, 1.54) is 0 Å². The van der Waals surface area contributed by atoms with Crippen LogP contribution in [0.4, 0.5) is 9.59 Å². The number of hydrogen-bond donors (Lipinski definition) is 4. The number of nitrogens with one attached hydrogen (secondary N) is 3. The lowest BCUT2D eigenvalue weighted by Gasteiger charge is -2.02. The maximum Gasteiger partial charge on any atom is 0.423 e. The second-order valence-corrected chi connectivity index (χ2v) is 1.41. The monoisotopic (exact) mass is 147 g/mol. The molecule has 0 heterocycles. The Kier molecular flexibility index (Phi) is 3.78. The number of hydrogen-bond acceptors (Lipinski definition) is 2. The zero-order valence-electron chi connectivity index (χ0n) is 5.47. The average molecular weight is 147 g/mol. The van der Waals surface area contributed by atoms with E-state index in [-0.39, 0.29) is 0 Å². The van der Waals surface area contributed by atoms with Crippen LogP contribution in [0, 0.1) is 0 Å². The highest BCUT2D eigenvalue weighted by Crippen LogP contribution is 1.59. The molecular formula is C4H9N3O3. The van der Waals surface area contributed by atoms with Crippen molar-refractivity contribution in [3.05, 3.63) is 0 Å². The minimum Gasteiger partial charge on any atom is -0.464 e. The third-order valence-corrected chi connectivity index (χ3v) is 0.620. The quantitative estimate of drug-likeness (QED) is 0.376. The summed E-state index contributed by atoms with van der Waals surface area (Å²) in [6, 6.07) is -0.565. The van der Waals surface area contributed by atoms with Crippen LogP contribution >= 0.6 is 0 Å². The molecule has 3 amide bonds. The molecule has 4 N–H and O–H groups in total. The summed E-state index contributed by atoms with van der Waals surface area (Å²) in [5, 5.41) is 10.3. The van der Waals surface area contributed by atoms with Crippen molar-refractivity contribution in [2.24, 2.45) is 0 Å². The van der Waals surface area contributed by atoms with Crippen molar-refractivity contribution in [1.29, 1.82) is 0 Å². The van der Waals surface area contributed by atoms with Crippen LogP contribution in [0.5, 0.6) is 0 Å². The average Bonchev–Trinajstić information content (AvgIpc) is 1.85. The highest BCUT2D eigenvalue weighted by molar-refractivity contribution is 5.76. The molecule has 0 aromatic rings. The van der Waals surface area contributed by atoms with E-state index in [9.17, 15) is 9.59 Å². The summed E-state index contributed by atoms with van der Waals surface area (Å²) in [6.07, 6.45) is -1.30. The zero-order chi connectivity index (χ0) is 7.98. The van der Waals surface area contributed by atoms with E-state index in [1.807, 2.05) is 5.43 Å². The molecular weight excluding hydrogens is 138 g/mol. The number of hydrazine groups is 1. The van der Waals surface area contributed by atoms with Gasteiger partial charge < -0.3 is 10.4 Å². The first-order valence-electron chi connectivity index (χ1n) is 2.69. The topological polar surface area (TPSA) is 90.5 Å². The number of carbonyl (C=O) groups excluding carboxylic acids is 1. The number of carboxylic acid groups (broad SMARTS) is 1. The van der Waals surface area contributed by atoms with Gasteiger partial charge in [0.15, 0.2) is 0 Å². The lowest BCUT2D eigenvalue weighted by molar-refractivity contribution is 0.187. The van der Waals surface area contributed by atoms with Crippen molar-refractivity contribution in [2.75, 3.05) is 6.54 Å². The van der Waals surface area contributed by atoms with Gasteiger partial charge in [0, 0.05) is 6.54 Å². The summed E-state index contributed by atoms with van der Waals surface area (Å²) in [6.45, 7) is 2.17. The minimum atomic E-state index is -1.30. The highest BCUT2D eigenvalue weighted by atomic mass is 16.4. The van der Waals surface area contributed by atoms with Crippen LogP contribution in [-0.4, -0.2) is 23.8 Å². The molecule has 6 nitrogen and oxygen atoms in total. The molecule has 0 spiro atoms.